The third-order valence-corrected chi connectivity index (χ3v) is 6.68. The molecule has 1 heterocycles. The number of hydrogen-bond donors (Lipinski definition) is 0. The maximum absolute atomic E-state index is 13.8. The Morgan fingerprint density at radius 3 is 2.38 bits per heavy atom. The fourth-order valence-corrected chi connectivity index (χ4v) is 4.49. The van der Waals surface area contributed by atoms with Crippen LogP contribution >= 0.6 is 0 Å². The van der Waals surface area contributed by atoms with Crippen LogP contribution in [0.25, 0.3) is 16.6 Å². The number of fused-ring (bicyclic) bond motifs is 1. The van der Waals surface area contributed by atoms with Gasteiger partial charge in [-0.3, -0.25) is 14.2 Å². The zero-order valence-corrected chi connectivity index (χ0v) is 21.4. The number of carbonyl (C=O) groups is 1. The average Bonchev–Trinajstić information content (AvgIpc) is 2.84. The predicted octanol–water partition coefficient (Wildman–Crippen LogP) is 6.66. The van der Waals surface area contributed by atoms with Gasteiger partial charge < -0.3 is 4.90 Å². The number of benzene rings is 2. The van der Waals surface area contributed by atoms with E-state index < -0.39 is 0 Å². The highest BCUT2D eigenvalue weighted by molar-refractivity contribution is 5.79. The third kappa shape index (κ3) is 5.57. The average molecular weight is 462 g/mol. The van der Waals surface area contributed by atoms with Gasteiger partial charge in [0, 0.05) is 13.0 Å². The molecule has 0 radical (unpaired) electrons. The van der Waals surface area contributed by atoms with Crippen LogP contribution in [0.1, 0.15) is 88.7 Å². The second-order valence-electron chi connectivity index (χ2n) is 9.22. The predicted molar refractivity (Wildman–Crippen MR) is 141 cm³/mol. The van der Waals surface area contributed by atoms with E-state index in [1.165, 1.54) is 5.56 Å². The molecule has 34 heavy (non-hydrogen) atoms. The fraction of sp³-hybridized carbons (Fsp3) is 0.483. The van der Waals surface area contributed by atoms with Gasteiger partial charge >= 0.3 is 0 Å². The Labute approximate surface area is 203 Å². The van der Waals surface area contributed by atoms with E-state index >= 15 is 0 Å². The highest BCUT2D eigenvalue weighted by atomic mass is 16.2. The third-order valence-electron chi connectivity index (χ3n) is 6.68. The van der Waals surface area contributed by atoms with Crippen LogP contribution in [0.4, 0.5) is 0 Å². The Kier molecular flexibility index (Phi) is 9.03. The summed E-state index contributed by atoms with van der Waals surface area (Å²) >= 11 is 0. The number of unbranched alkanes of at least 4 members (excludes halogenated alkanes) is 3. The van der Waals surface area contributed by atoms with Crippen molar-refractivity contribution >= 4 is 16.8 Å². The molecule has 1 aromatic heterocycles. The van der Waals surface area contributed by atoms with Gasteiger partial charge in [0.25, 0.3) is 5.56 Å². The lowest BCUT2D eigenvalue weighted by atomic mass is 10.1. The van der Waals surface area contributed by atoms with Crippen molar-refractivity contribution in [2.24, 2.45) is 0 Å². The second-order valence-corrected chi connectivity index (χ2v) is 9.22. The summed E-state index contributed by atoms with van der Waals surface area (Å²) in [6.07, 6.45) is 6.19. The molecule has 3 aromatic rings. The van der Waals surface area contributed by atoms with Crippen molar-refractivity contribution in [3.8, 4) is 5.69 Å². The first-order chi connectivity index (χ1) is 16.4. The normalized spacial score (nSPS) is 12.1. The van der Waals surface area contributed by atoms with Crippen LogP contribution in [0, 0.1) is 13.8 Å². The van der Waals surface area contributed by atoms with Crippen LogP contribution in [0.3, 0.4) is 0 Å². The van der Waals surface area contributed by atoms with Crippen LogP contribution < -0.4 is 5.56 Å². The van der Waals surface area contributed by atoms with E-state index in [0.717, 1.165) is 43.4 Å². The Hall–Kier alpha value is -2.95. The van der Waals surface area contributed by atoms with Crippen LogP contribution in [0.5, 0.6) is 0 Å². The summed E-state index contributed by atoms with van der Waals surface area (Å²) in [6.45, 7) is 11.2. The molecule has 0 saturated heterocycles. The molecule has 0 aliphatic heterocycles. The molecule has 0 N–H and O–H groups in total. The van der Waals surface area contributed by atoms with E-state index in [9.17, 15) is 9.59 Å². The van der Waals surface area contributed by atoms with E-state index in [2.05, 4.69) is 34.6 Å². The summed E-state index contributed by atoms with van der Waals surface area (Å²) in [5, 5.41) is 0.592. The Morgan fingerprint density at radius 1 is 0.971 bits per heavy atom. The lowest BCUT2D eigenvalue weighted by molar-refractivity contribution is -0.134. The van der Waals surface area contributed by atoms with E-state index in [1.54, 1.807) is 4.57 Å². The first kappa shape index (κ1) is 25.7. The van der Waals surface area contributed by atoms with Gasteiger partial charge in [0.15, 0.2) is 0 Å². The van der Waals surface area contributed by atoms with Crippen LogP contribution in [-0.4, -0.2) is 26.9 Å². The Balaban J connectivity index is 2.23. The summed E-state index contributed by atoms with van der Waals surface area (Å²) < 4.78 is 1.74. The van der Waals surface area contributed by atoms with Crippen molar-refractivity contribution in [2.75, 3.05) is 6.54 Å². The quantitative estimate of drug-likeness (QED) is 0.300. The molecule has 0 aliphatic carbocycles. The molecule has 1 amide bonds. The minimum absolute atomic E-state index is 0.0863. The second kappa shape index (κ2) is 12.0. The smallest absolute Gasteiger partial charge is 0.266 e. The lowest BCUT2D eigenvalue weighted by Crippen LogP contribution is -2.39. The van der Waals surface area contributed by atoms with Crippen LogP contribution in [0.2, 0.25) is 0 Å². The highest BCUT2D eigenvalue weighted by Crippen LogP contribution is 2.28. The highest BCUT2D eigenvalue weighted by Gasteiger charge is 2.28. The van der Waals surface area contributed by atoms with Gasteiger partial charge in [-0.05, 0) is 68.5 Å². The fourth-order valence-electron chi connectivity index (χ4n) is 4.49. The Bertz CT molecular complexity index is 1180. The molecule has 1 atom stereocenters. The van der Waals surface area contributed by atoms with E-state index in [1.807, 2.05) is 47.4 Å². The van der Waals surface area contributed by atoms with Gasteiger partial charge in [-0.15, -0.1) is 0 Å². The molecule has 0 saturated carbocycles. The van der Waals surface area contributed by atoms with E-state index in [4.69, 9.17) is 4.98 Å². The molecule has 182 valence electrons. The molecule has 5 nitrogen and oxygen atoms in total. The molecule has 0 spiro atoms. The lowest BCUT2D eigenvalue weighted by Gasteiger charge is -2.32. The summed E-state index contributed by atoms with van der Waals surface area (Å²) in [5.41, 5.74) is 3.69. The molecular formula is C29H39N3O2. The van der Waals surface area contributed by atoms with Crippen LogP contribution in [0.15, 0.2) is 47.3 Å². The van der Waals surface area contributed by atoms with E-state index in [0.29, 0.717) is 36.1 Å². The minimum Gasteiger partial charge on any atom is -0.333 e. The molecule has 2 aromatic carbocycles. The number of carbonyl (C=O) groups excluding carboxylic acids is 1. The molecule has 3 rings (SSSR count). The van der Waals surface area contributed by atoms with Crippen molar-refractivity contribution < 1.29 is 4.79 Å². The van der Waals surface area contributed by atoms with Gasteiger partial charge in [-0.25, -0.2) is 4.98 Å². The molecular weight excluding hydrogens is 422 g/mol. The number of rotatable bonds is 11. The number of amides is 1. The SMILES string of the molecule is CCCCCN(C(=O)CCCC)C(CC)c1nc2ccccc2c(=O)n1-c1ccc(C)c(C)c1. The number of para-hydroxylation sites is 1. The summed E-state index contributed by atoms with van der Waals surface area (Å²) in [7, 11) is 0. The zero-order chi connectivity index (χ0) is 24.7. The molecule has 5 heteroatoms. The largest absolute Gasteiger partial charge is 0.333 e. The maximum Gasteiger partial charge on any atom is 0.266 e. The van der Waals surface area contributed by atoms with Gasteiger partial charge in [0.2, 0.25) is 5.91 Å². The van der Waals surface area contributed by atoms with Gasteiger partial charge in [-0.1, -0.05) is 58.2 Å². The summed E-state index contributed by atoms with van der Waals surface area (Å²) in [6, 6.07) is 13.3. The van der Waals surface area contributed by atoms with Crippen LogP contribution in [-0.2, 0) is 4.79 Å². The monoisotopic (exact) mass is 461 g/mol. The molecule has 0 aliphatic rings. The van der Waals surface area contributed by atoms with Gasteiger partial charge in [0.1, 0.15) is 5.82 Å². The topological polar surface area (TPSA) is 55.2 Å². The van der Waals surface area contributed by atoms with E-state index in [-0.39, 0.29) is 17.5 Å². The Morgan fingerprint density at radius 2 is 1.71 bits per heavy atom. The molecule has 0 bridgehead atoms. The maximum atomic E-state index is 13.8. The minimum atomic E-state index is -0.264. The number of aryl methyl sites for hydroxylation is 2. The van der Waals surface area contributed by atoms with Crippen molar-refractivity contribution in [3.63, 3.8) is 0 Å². The molecule has 0 fully saturated rings. The number of hydrogen-bond acceptors (Lipinski definition) is 3. The van der Waals surface area contributed by atoms with Crippen molar-refractivity contribution in [2.45, 2.75) is 85.6 Å². The van der Waals surface area contributed by atoms with Crippen molar-refractivity contribution in [1.29, 1.82) is 0 Å². The standard InChI is InChI=1S/C29H39N3O2/c1-6-9-13-19-31(27(33)16-10-7-2)26(8-3)28-30-25-15-12-11-14-24(25)29(34)32(28)23-18-17-21(4)22(5)20-23/h11-12,14-15,17-18,20,26H,6-10,13,16,19H2,1-5H3. The summed E-state index contributed by atoms with van der Waals surface area (Å²) in [5.74, 6) is 0.801. The van der Waals surface area contributed by atoms with Crippen molar-refractivity contribution in [1.82, 2.24) is 14.5 Å². The number of aromatic nitrogens is 2. The zero-order valence-electron chi connectivity index (χ0n) is 21.4. The number of nitrogens with zero attached hydrogens (tertiary/aromatic N) is 3. The molecule has 1 unspecified atom stereocenters. The van der Waals surface area contributed by atoms with Crippen molar-refractivity contribution in [3.05, 3.63) is 69.8 Å². The van der Waals surface area contributed by atoms with Gasteiger partial charge in [-0.2, -0.15) is 0 Å². The first-order valence-electron chi connectivity index (χ1n) is 12.8. The first-order valence-corrected chi connectivity index (χ1v) is 12.8. The summed E-state index contributed by atoms with van der Waals surface area (Å²) in [4.78, 5) is 34.2. The van der Waals surface area contributed by atoms with Gasteiger partial charge in [0.05, 0.1) is 22.6 Å².